The van der Waals surface area contributed by atoms with Gasteiger partial charge in [0, 0.05) is 27.7 Å². The van der Waals surface area contributed by atoms with Crippen molar-refractivity contribution in [1.82, 2.24) is 20.7 Å². The first-order chi connectivity index (χ1) is 23.1. The van der Waals surface area contributed by atoms with E-state index in [0.717, 1.165) is 61.2 Å². The van der Waals surface area contributed by atoms with Crippen LogP contribution in [0.1, 0.15) is 101 Å². The lowest BCUT2D eigenvalue weighted by Crippen LogP contribution is -2.25. The molecule has 4 rings (SSSR count). The molecular formula is C34H44N6O6S2. The molecule has 0 saturated carbocycles. The van der Waals surface area contributed by atoms with Crippen LogP contribution < -0.4 is 20.1 Å². The van der Waals surface area contributed by atoms with Gasteiger partial charge in [-0.05, 0) is 48.2 Å². The Morgan fingerprint density at radius 3 is 1.35 bits per heavy atom. The van der Waals surface area contributed by atoms with E-state index in [9.17, 15) is 19.2 Å². The van der Waals surface area contributed by atoms with Crippen molar-refractivity contribution < 1.29 is 28.7 Å². The number of hydrazone groups is 2. The first-order valence-corrected chi connectivity index (χ1v) is 18.0. The third kappa shape index (κ3) is 11.3. The fourth-order valence-corrected chi connectivity index (χ4v) is 7.37. The summed E-state index contributed by atoms with van der Waals surface area (Å²) in [6, 6.07) is 15.3. The summed E-state index contributed by atoms with van der Waals surface area (Å²) in [7, 11) is 0. The van der Waals surface area contributed by atoms with Gasteiger partial charge in [0.25, 0.3) is 0 Å². The van der Waals surface area contributed by atoms with E-state index in [4.69, 9.17) is 9.47 Å². The quantitative estimate of drug-likeness (QED) is 0.208. The SMILES string of the molecule is CC(=O)NC1=NN(C(C)=O)C(c2cccc(OCCCCCCCCCCOc3cccc(C4SC(NC(C)=O)=NN4C(C)=O)c3)c2)S1. The second-order valence-corrected chi connectivity index (χ2v) is 13.6. The Balaban J connectivity index is 1.06. The summed E-state index contributed by atoms with van der Waals surface area (Å²) >= 11 is 2.65. The number of nitrogens with zero attached hydrogens (tertiary/aromatic N) is 4. The minimum atomic E-state index is -0.353. The molecule has 2 aromatic carbocycles. The van der Waals surface area contributed by atoms with Crippen LogP contribution in [0.5, 0.6) is 11.5 Å². The molecule has 0 spiro atoms. The average Bonchev–Trinajstić information content (AvgIpc) is 3.66. The number of rotatable bonds is 15. The first-order valence-electron chi connectivity index (χ1n) is 16.2. The molecule has 0 aliphatic carbocycles. The number of carbonyl (C=O) groups excluding carboxylic acids is 4. The minimum Gasteiger partial charge on any atom is -0.494 e. The van der Waals surface area contributed by atoms with E-state index in [-0.39, 0.29) is 34.4 Å². The molecule has 2 N–H and O–H groups in total. The number of amides is 4. The standard InChI is InChI=1S/C34H44N6O6S2/c1-23(41)35-33-37-39(25(3)43)31(47-33)27-15-13-17-29(21-27)45-19-11-9-7-5-6-8-10-12-20-46-30-18-14-16-28(22-30)32-40(26(4)44)38-34(48-32)36-24(2)42/h13-18,21-22,31-32H,5-12,19-20H2,1-4H3,(H,35,37,41)(H,36,38,42). The van der Waals surface area contributed by atoms with Crippen molar-refractivity contribution in [1.29, 1.82) is 0 Å². The van der Waals surface area contributed by atoms with Gasteiger partial charge in [-0.1, -0.05) is 86.3 Å². The second kappa shape index (κ2) is 18.5. The smallest absolute Gasteiger partial charge is 0.241 e. The highest BCUT2D eigenvalue weighted by molar-refractivity contribution is 8.14. The van der Waals surface area contributed by atoms with Crippen molar-refractivity contribution in [2.75, 3.05) is 13.2 Å². The number of ether oxygens (including phenoxy) is 2. The Labute approximate surface area is 290 Å². The summed E-state index contributed by atoms with van der Waals surface area (Å²) in [4.78, 5) is 47.1. The second-order valence-electron chi connectivity index (χ2n) is 11.5. The molecule has 0 fully saturated rings. The zero-order chi connectivity index (χ0) is 34.5. The van der Waals surface area contributed by atoms with E-state index in [2.05, 4.69) is 20.8 Å². The van der Waals surface area contributed by atoms with Crippen LogP contribution in [0, 0.1) is 0 Å². The van der Waals surface area contributed by atoms with Gasteiger partial charge >= 0.3 is 0 Å². The fourth-order valence-electron chi connectivity index (χ4n) is 5.12. The van der Waals surface area contributed by atoms with Gasteiger partial charge in [0.05, 0.1) is 13.2 Å². The minimum absolute atomic E-state index is 0.201. The highest BCUT2D eigenvalue weighted by Gasteiger charge is 2.33. The zero-order valence-electron chi connectivity index (χ0n) is 27.9. The normalized spacial score (nSPS) is 17.1. The number of unbranched alkanes of at least 4 members (excludes halogenated alkanes) is 7. The van der Waals surface area contributed by atoms with Gasteiger partial charge in [0.1, 0.15) is 22.2 Å². The van der Waals surface area contributed by atoms with E-state index < -0.39 is 0 Å². The summed E-state index contributed by atoms with van der Waals surface area (Å²) in [5.74, 6) is 0.638. The Morgan fingerprint density at radius 1 is 0.625 bits per heavy atom. The van der Waals surface area contributed by atoms with Crippen LogP contribution in [-0.4, -0.2) is 57.2 Å². The number of amidine groups is 2. The molecular weight excluding hydrogens is 653 g/mol. The number of nitrogens with one attached hydrogen (secondary N) is 2. The van der Waals surface area contributed by atoms with Gasteiger partial charge < -0.3 is 20.1 Å². The Bertz CT molecular complexity index is 1410. The first kappa shape index (κ1) is 36.8. The van der Waals surface area contributed by atoms with E-state index >= 15 is 0 Å². The van der Waals surface area contributed by atoms with Crippen molar-refractivity contribution in [3.8, 4) is 11.5 Å². The van der Waals surface area contributed by atoms with Gasteiger partial charge in [-0.15, -0.1) is 10.2 Å². The van der Waals surface area contributed by atoms with Crippen molar-refractivity contribution in [2.24, 2.45) is 10.2 Å². The van der Waals surface area contributed by atoms with Crippen LogP contribution in [-0.2, 0) is 19.2 Å². The molecule has 2 aromatic rings. The number of hydrogen-bond donors (Lipinski definition) is 2. The molecule has 2 unspecified atom stereocenters. The zero-order valence-corrected chi connectivity index (χ0v) is 29.5. The van der Waals surface area contributed by atoms with Gasteiger partial charge in [0.2, 0.25) is 23.6 Å². The molecule has 0 saturated heterocycles. The van der Waals surface area contributed by atoms with E-state index in [0.29, 0.717) is 23.5 Å². The summed E-state index contributed by atoms with van der Waals surface area (Å²) in [6.07, 6.45) is 8.82. The molecule has 0 radical (unpaired) electrons. The maximum atomic E-state index is 12.1. The van der Waals surface area contributed by atoms with Crippen LogP contribution in [0.2, 0.25) is 0 Å². The predicted molar refractivity (Wildman–Crippen MR) is 189 cm³/mol. The molecule has 2 aliphatic rings. The Morgan fingerprint density at radius 2 is 1.00 bits per heavy atom. The van der Waals surface area contributed by atoms with Crippen molar-refractivity contribution in [3.05, 3.63) is 59.7 Å². The number of hydrogen-bond acceptors (Lipinski definition) is 10. The molecule has 48 heavy (non-hydrogen) atoms. The lowest BCUT2D eigenvalue weighted by molar-refractivity contribution is -0.130. The molecule has 14 heteroatoms. The van der Waals surface area contributed by atoms with Crippen LogP contribution >= 0.6 is 23.5 Å². The van der Waals surface area contributed by atoms with Crippen LogP contribution in [0.25, 0.3) is 0 Å². The molecule has 258 valence electrons. The Hall–Kier alpha value is -4.04. The van der Waals surface area contributed by atoms with E-state index in [1.807, 2.05) is 48.5 Å². The summed E-state index contributed by atoms with van der Waals surface area (Å²) in [5.41, 5.74) is 1.77. The summed E-state index contributed by atoms with van der Waals surface area (Å²) in [6.45, 7) is 6.98. The lowest BCUT2D eigenvalue weighted by Gasteiger charge is -2.19. The van der Waals surface area contributed by atoms with Gasteiger partial charge in [-0.2, -0.15) is 0 Å². The number of carbonyl (C=O) groups is 4. The molecule has 0 aromatic heterocycles. The summed E-state index contributed by atoms with van der Waals surface area (Å²) in [5, 5.41) is 16.7. The molecule has 0 bridgehead atoms. The highest BCUT2D eigenvalue weighted by Crippen LogP contribution is 2.40. The van der Waals surface area contributed by atoms with Crippen molar-refractivity contribution >= 4 is 57.5 Å². The Kier molecular flexibility index (Phi) is 14.2. The lowest BCUT2D eigenvalue weighted by atomic mass is 10.1. The topological polar surface area (TPSA) is 142 Å². The van der Waals surface area contributed by atoms with Crippen LogP contribution in [0.15, 0.2) is 58.7 Å². The molecule has 2 aliphatic heterocycles. The highest BCUT2D eigenvalue weighted by atomic mass is 32.2. The van der Waals surface area contributed by atoms with Crippen molar-refractivity contribution in [3.63, 3.8) is 0 Å². The largest absolute Gasteiger partial charge is 0.494 e. The molecule has 2 atom stereocenters. The number of thioether (sulfide) groups is 2. The maximum Gasteiger partial charge on any atom is 0.241 e. The maximum absolute atomic E-state index is 12.1. The van der Waals surface area contributed by atoms with Gasteiger partial charge in [-0.3, -0.25) is 19.2 Å². The molecule has 4 amide bonds. The predicted octanol–water partition coefficient (Wildman–Crippen LogP) is 6.27. The molecule has 12 nitrogen and oxygen atoms in total. The van der Waals surface area contributed by atoms with Crippen LogP contribution in [0.4, 0.5) is 0 Å². The number of benzene rings is 2. The third-order valence-electron chi connectivity index (χ3n) is 7.36. The average molecular weight is 697 g/mol. The van der Waals surface area contributed by atoms with Gasteiger partial charge in [0.15, 0.2) is 10.3 Å². The van der Waals surface area contributed by atoms with E-state index in [1.54, 1.807) is 0 Å². The van der Waals surface area contributed by atoms with Crippen molar-refractivity contribution in [2.45, 2.75) is 89.8 Å². The van der Waals surface area contributed by atoms with E-state index in [1.165, 1.54) is 74.1 Å². The van der Waals surface area contributed by atoms with Crippen LogP contribution in [0.3, 0.4) is 0 Å². The monoisotopic (exact) mass is 696 g/mol. The molecule has 2 heterocycles. The van der Waals surface area contributed by atoms with Gasteiger partial charge in [-0.25, -0.2) is 10.0 Å². The fraction of sp³-hybridized carbons (Fsp3) is 0.471. The third-order valence-corrected chi connectivity index (χ3v) is 9.57. The summed E-state index contributed by atoms with van der Waals surface area (Å²) < 4.78 is 12.0.